The molecule has 0 aromatic carbocycles. The molecule has 0 aromatic rings. The highest BCUT2D eigenvalue weighted by molar-refractivity contribution is 8.93. The van der Waals surface area contributed by atoms with Crippen molar-refractivity contribution in [3.05, 3.63) is 0 Å². The summed E-state index contributed by atoms with van der Waals surface area (Å²) in [6, 6.07) is 0. The number of hydrogen-bond acceptors (Lipinski definition) is 2. The van der Waals surface area contributed by atoms with Crippen LogP contribution in [0.25, 0.3) is 0 Å². The SMILES string of the molecule is Br.Br.CCCCCC.CCCCN(CCCC)CCCC.CCCCN(CCCC)CCCC. The van der Waals surface area contributed by atoms with Gasteiger partial charge in [-0.25, -0.2) is 0 Å². The average Bonchev–Trinajstić information content (AvgIpc) is 2.82. The van der Waals surface area contributed by atoms with E-state index in [4.69, 9.17) is 0 Å². The van der Waals surface area contributed by atoms with Crippen LogP contribution in [0.5, 0.6) is 0 Å². The second-order valence-electron chi connectivity index (χ2n) is 9.51. The largest absolute Gasteiger partial charge is 0.303 e. The van der Waals surface area contributed by atoms with Crippen LogP contribution in [-0.4, -0.2) is 49.1 Å². The number of rotatable bonds is 21. The fourth-order valence-electron chi connectivity index (χ4n) is 3.46. The van der Waals surface area contributed by atoms with Crippen LogP contribution in [-0.2, 0) is 0 Å². The van der Waals surface area contributed by atoms with Gasteiger partial charge < -0.3 is 9.80 Å². The molecule has 4 heteroatoms. The number of hydrogen-bond donors (Lipinski definition) is 0. The van der Waals surface area contributed by atoms with E-state index in [1.54, 1.807) is 0 Å². The van der Waals surface area contributed by atoms with Crippen LogP contribution in [0, 0.1) is 0 Å². The topological polar surface area (TPSA) is 6.48 Å². The van der Waals surface area contributed by atoms with E-state index in [0.717, 1.165) is 0 Å². The Labute approximate surface area is 240 Å². The van der Waals surface area contributed by atoms with Gasteiger partial charge in [-0.1, -0.05) is 120 Å². The van der Waals surface area contributed by atoms with E-state index >= 15 is 0 Å². The first-order valence-electron chi connectivity index (χ1n) is 15.1. The fraction of sp³-hybridized carbons (Fsp3) is 1.00. The Hall–Kier alpha value is 0.880. The second kappa shape index (κ2) is 43.9. The van der Waals surface area contributed by atoms with Gasteiger partial charge in [-0.3, -0.25) is 0 Å². The Kier molecular flexibility index (Phi) is 57.9. The van der Waals surface area contributed by atoms with Gasteiger partial charge in [0.15, 0.2) is 0 Å². The minimum absolute atomic E-state index is 0. The van der Waals surface area contributed by atoms with E-state index in [2.05, 4.69) is 65.2 Å². The highest BCUT2D eigenvalue weighted by Crippen LogP contribution is 2.02. The number of nitrogens with zero attached hydrogens (tertiary/aromatic N) is 2. The molecule has 0 saturated heterocycles. The van der Waals surface area contributed by atoms with E-state index in [9.17, 15) is 0 Å². The monoisotopic (exact) mass is 616 g/mol. The van der Waals surface area contributed by atoms with Gasteiger partial charge in [-0.05, 0) is 77.8 Å². The van der Waals surface area contributed by atoms with Crippen molar-refractivity contribution < 1.29 is 0 Å². The Balaban J connectivity index is -0.000000128. The molecule has 0 aliphatic carbocycles. The third-order valence-corrected chi connectivity index (χ3v) is 5.92. The normalized spacial score (nSPS) is 10.1. The minimum Gasteiger partial charge on any atom is -0.303 e. The molecule has 0 atom stereocenters. The summed E-state index contributed by atoms with van der Waals surface area (Å²) in [6.45, 7) is 26.0. The predicted octanol–water partition coefficient (Wildman–Crippen LogP) is 11.1. The molecule has 2 nitrogen and oxygen atoms in total. The van der Waals surface area contributed by atoms with Gasteiger partial charge in [0, 0.05) is 0 Å². The van der Waals surface area contributed by atoms with Gasteiger partial charge in [0.05, 0.1) is 0 Å². The van der Waals surface area contributed by atoms with Crippen molar-refractivity contribution in [3.63, 3.8) is 0 Å². The summed E-state index contributed by atoms with van der Waals surface area (Å²) in [5.74, 6) is 0. The Morgan fingerprint density at radius 3 is 0.529 bits per heavy atom. The van der Waals surface area contributed by atoms with Crippen molar-refractivity contribution in [1.29, 1.82) is 0 Å². The van der Waals surface area contributed by atoms with Gasteiger partial charge in [0.2, 0.25) is 0 Å². The molecular weight excluding hydrogens is 548 g/mol. The lowest BCUT2D eigenvalue weighted by atomic mass is 10.2. The van der Waals surface area contributed by atoms with Gasteiger partial charge in [0.25, 0.3) is 0 Å². The highest BCUT2D eigenvalue weighted by Gasteiger charge is 2.02. The van der Waals surface area contributed by atoms with Crippen molar-refractivity contribution in [2.24, 2.45) is 0 Å². The smallest absolute Gasteiger partial charge is 0.00188 e. The third kappa shape index (κ3) is 43.0. The van der Waals surface area contributed by atoms with Crippen LogP contribution in [0.2, 0.25) is 0 Å². The van der Waals surface area contributed by atoms with Crippen molar-refractivity contribution in [2.45, 2.75) is 158 Å². The lowest BCUT2D eigenvalue weighted by molar-refractivity contribution is 0.261. The van der Waals surface area contributed by atoms with Crippen molar-refractivity contribution >= 4 is 34.0 Å². The van der Waals surface area contributed by atoms with Crippen molar-refractivity contribution in [2.75, 3.05) is 39.3 Å². The summed E-state index contributed by atoms with van der Waals surface area (Å²) in [5.41, 5.74) is 0. The standard InChI is InChI=1S/2C12H27N.C6H14.2BrH/c2*1-4-7-10-13(11-8-5-2)12-9-6-3;1-3-5-6-4-2;;/h2*4-12H2,1-3H3;3-6H2,1-2H3;2*1H. The zero-order valence-electron chi connectivity index (χ0n) is 25.3. The minimum atomic E-state index is 0. The van der Waals surface area contributed by atoms with Gasteiger partial charge >= 0.3 is 0 Å². The number of halogens is 2. The molecule has 0 aliphatic rings. The lowest BCUT2D eigenvalue weighted by Gasteiger charge is -2.21. The van der Waals surface area contributed by atoms with E-state index in [1.165, 1.54) is 142 Å². The maximum absolute atomic E-state index is 2.64. The molecule has 0 saturated carbocycles. The van der Waals surface area contributed by atoms with Crippen molar-refractivity contribution in [1.82, 2.24) is 9.80 Å². The Morgan fingerprint density at radius 2 is 0.412 bits per heavy atom. The summed E-state index contributed by atoms with van der Waals surface area (Å²) in [7, 11) is 0. The molecule has 0 rings (SSSR count). The zero-order chi connectivity index (χ0) is 24.7. The van der Waals surface area contributed by atoms with Crippen LogP contribution in [0.15, 0.2) is 0 Å². The highest BCUT2D eigenvalue weighted by atomic mass is 79.9. The summed E-state index contributed by atoms with van der Waals surface area (Å²) in [5, 5.41) is 0. The molecule has 0 unspecified atom stereocenters. The quantitative estimate of drug-likeness (QED) is 0.118. The molecule has 0 aromatic heterocycles. The van der Waals surface area contributed by atoms with Crippen LogP contribution >= 0.6 is 34.0 Å². The molecule has 0 aliphatic heterocycles. The zero-order valence-corrected chi connectivity index (χ0v) is 28.7. The average molecular weight is 619 g/mol. The number of unbranched alkanes of at least 4 members (excludes halogenated alkanes) is 9. The van der Waals surface area contributed by atoms with Crippen LogP contribution in [0.1, 0.15) is 158 Å². The Bertz CT molecular complexity index is 225. The molecule has 0 spiro atoms. The molecule has 0 N–H and O–H groups in total. The predicted molar refractivity (Wildman–Crippen MR) is 173 cm³/mol. The summed E-state index contributed by atoms with van der Waals surface area (Å²) < 4.78 is 0. The van der Waals surface area contributed by atoms with E-state index in [-0.39, 0.29) is 34.0 Å². The molecule has 34 heavy (non-hydrogen) atoms. The maximum atomic E-state index is 2.64. The fourth-order valence-corrected chi connectivity index (χ4v) is 3.46. The molecule has 0 amide bonds. The molecule has 214 valence electrons. The van der Waals surface area contributed by atoms with E-state index in [1.807, 2.05) is 0 Å². The van der Waals surface area contributed by atoms with E-state index < -0.39 is 0 Å². The lowest BCUT2D eigenvalue weighted by Crippen LogP contribution is -2.27. The van der Waals surface area contributed by atoms with Gasteiger partial charge in [-0.2, -0.15) is 0 Å². The molecule has 0 radical (unpaired) electrons. The van der Waals surface area contributed by atoms with Crippen LogP contribution < -0.4 is 0 Å². The van der Waals surface area contributed by atoms with Crippen molar-refractivity contribution in [3.8, 4) is 0 Å². The van der Waals surface area contributed by atoms with Crippen LogP contribution in [0.3, 0.4) is 0 Å². The molecule has 0 bridgehead atoms. The summed E-state index contributed by atoms with van der Waals surface area (Å²) in [4.78, 5) is 5.27. The molecule has 0 heterocycles. The third-order valence-electron chi connectivity index (χ3n) is 5.92. The van der Waals surface area contributed by atoms with Gasteiger partial charge in [0.1, 0.15) is 0 Å². The first kappa shape index (κ1) is 44.8. The summed E-state index contributed by atoms with van der Waals surface area (Å²) in [6.07, 6.45) is 21.7. The first-order valence-corrected chi connectivity index (χ1v) is 15.1. The summed E-state index contributed by atoms with van der Waals surface area (Å²) >= 11 is 0. The second-order valence-corrected chi connectivity index (χ2v) is 9.51. The Morgan fingerprint density at radius 1 is 0.265 bits per heavy atom. The maximum Gasteiger partial charge on any atom is -0.00188 e. The van der Waals surface area contributed by atoms with E-state index in [0.29, 0.717) is 0 Å². The molecular formula is C30H70Br2N2. The first-order chi connectivity index (χ1) is 15.6. The van der Waals surface area contributed by atoms with Gasteiger partial charge in [-0.15, -0.1) is 34.0 Å². The molecule has 0 fully saturated rings. The van der Waals surface area contributed by atoms with Crippen LogP contribution in [0.4, 0.5) is 0 Å².